The van der Waals surface area contributed by atoms with Gasteiger partial charge in [0, 0.05) is 6.54 Å². The highest BCUT2D eigenvalue weighted by Crippen LogP contribution is 2.18. The Morgan fingerprint density at radius 3 is 2.58 bits per heavy atom. The molecule has 1 aromatic carbocycles. The van der Waals surface area contributed by atoms with Crippen LogP contribution in [0.1, 0.15) is 39.3 Å². The monoisotopic (exact) mass is 356 g/mol. The van der Waals surface area contributed by atoms with Gasteiger partial charge in [0.25, 0.3) is 0 Å². The SMILES string of the molecule is CC(C)COc1ccc(C(C)NC(=O)[C@H]2NCCO[C@@H]2C)cc1.Cl. The smallest absolute Gasteiger partial charge is 0.240 e. The molecule has 0 aromatic heterocycles. The Morgan fingerprint density at radius 1 is 1.33 bits per heavy atom. The van der Waals surface area contributed by atoms with E-state index in [2.05, 4.69) is 24.5 Å². The normalized spacial score (nSPS) is 21.7. The zero-order chi connectivity index (χ0) is 16.8. The molecule has 1 aliphatic rings. The summed E-state index contributed by atoms with van der Waals surface area (Å²) in [5.41, 5.74) is 1.06. The number of halogens is 1. The van der Waals surface area contributed by atoms with Crippen molar-refractivity contribution in [2.45, 2.75) is 45.9 Å². The maximum atomic E-state index is 12.4. The molecule has 1 aliphatic heterocycles. The highest BCUT2D eigenvalue weighted by molar-refractivity contribution is 5.85. The maximum Gasteiger partial charge on any atom is 0.240 e. The molecular weight excluding hydrogens is 328 g/mol. The van der Waals surface area contributed by atoms with Gasteiger partial charge in [-0.2, -0.15) is 0 Å². The summed E-state index contributed by atoms with van der Waals surface area (Å²) in [4.78, 5) is 12.4. The van der Waals surface area contributed by atoms with Crippen LogP contribution in [0.5, 0.6) is 5.75 Å². The lowest BCUT2D eigenvalue weighted by molar-refractivity contribution is -0.129. The van der Waals surface area contributed by atoms with Crippen LogP contribution in [-0.4, -0.2) is 37.8 Å². The minimum atomic E-state index is -0.292. The molecule has 0 radical (unpaired) electrons. The first-order valence-corrected chi connectivity index (χ1v) is 8.35. The van der Waals surface area contributed by atoms with Gasteiger partial charge in [-0.05, 0) is 37.5 Å². The molecule has 0 aliphatic carbocycles. The molecule has 1 saturated heterocycles. The van der Waals surface area contributed by atoms with Crippen LogP contribution >= 0.6 is 12.4 Å². The van der Waals surface area contributed by atoms with Crippen molar-refractivity contribution in [2.75, 3.05) is 19.8 Å². The van der Waals surface area contributed by atoms with Crippen molar-refractivity contribution in [1.82, 2.24) is 10.6 Å². The highest BCUT2D eigenvalue weighted by atomic mass is 35.5. The number of rotatable bonds is 6. The number of carbonyl (C=O) groups is 1. The summed E-state index contributed by atoms with van der Waals surface area (Å²) in [6.45, 7) is 10.2. The molecule has 1 fully saturated rings. The fraction of sp³-hybridized carbons (Fsp3) is 0.611. The Morgan fingerprint density at radius 2 is 2.00 bits per heavy atom. The number of nitrogens with one attached hydrogen (secondary N) is 2. The van der Waals surface area contributed by atoms with Crippen molar-refractivity contribution in [3.05, 3.63) is 29.8 Å². The van der Waals surface area contributed by atoms with Crippen LogP contribution in [0, 0.1) is 5.92 Å². The molecule has 6 heteroatoms. The summed E-state index contributed by atoms with van der Waals surface area (Å²) in [6.07, 6.45) is -0.109. The number of hydrogen-bond acceptors (Lipinski definition) is 4. The van der Waals surface area contributed by atoms with Crippen LogP contribution in [0.25, 0.3) is 0 Å². The third kappa shape index (κ3) is 5.96. The minimum Gasteiger partial charge on any atom is -0.493 e. The Bertz CT molecular complexity index is 507. The summed E-state index contributed by atoms with van der Waals surface area (Å²) >= 11 is 0. The fourth-order valence-electron chi connectivity index (χ4n) is 2.53. The molecule has 1 heterocycles. The Hall–Kier alpha value is -1.30. The lowest BCUT2D eigenvalue weighted by Crippen LogP contribution is -2.55. The summed E-state index contributed by atoms with van der Waals surface area (Å²) < 4.78 is 11.2. The van der Waals surface area contributed by atoms with Crippen molar-refractivity contribution >= 4 is 18.3 Å². The molecule has 0 spiro atoms. The quantitative estimate of drug-likeness (QED) is 0.822. The average molecular weight is 357 g/mol. The molecule has 5 nitrogen and oxygen atoms in total. The van der Waals surface area contributed by atoms with E-state index < -0.39 is 0 Å². The number of amides is 1. The van der Waals surface area contributed by atoms with Crippen LogP contribution in [0.15, 0.2) is 24.3 Å². The molecule has 0 bridgehead atoms. The molecule has 1 amide bonds. The van der Waals surface area contributed by atoms with Gasteiger partial charge in [0.2, 0.25) is 5.91 Å². The van der Waals surface area contributed by atoms with Crippen LogP contribution in [0.2, 0.25) is 0 Å². The lowest BCUT2D eigenvalue weighted by atomic mass is 10.1. The van der Waals surface area contributed by atoms with Gasteiger partial charge in [0.1, 0.15) is 11.8 Å². The number of ether oxygens (including phenoxy) is 2. The molecule has 1 aromatic rings. The van der Waals surface area contributed by atoms with Crippen LogP contribution in [0.4, 0.5) is 0 Å². The lowest BCUT2D eigenvalue weighted by Gasteiger charge is -2.30. The Kier molecular flexibility index (Phi) is 8.53. The second kappa shape index (κ2) is 9.87. The van der Waals surface area contributed by atoms with Crippen molar-refractivity contribution in [3.63, 3.8) is 0 Å². The van der Waals surface area contributed by atoms with E-state index in [0.29, 0.717) is 25.7 Å². The van der Waals surface area contributed by atoms with Crippen molar-refractivity contribution < 1.29 is 14.3 Å². The van der Waals surface area contributed by atoms with Gasteiger partial charge in [0.05, 0.1) is 25.4 Å². The molecule has 0 saturated carbocycles. The second-order valence-corrected chi connectivity index (χ2v) is 6.51. The van der Waals surface area contributed by atoms with Crippen LogP contribution < -0.4 is 15.4 Å². The maximum absolute atomic E-state index is 12.4. The molecule has 1 unspecified atom stereocenters. The minimum absolute atomic E-state index is 0. The number of benzene rings is 1. The van der Waals surface area contributed by atoms with E-state index >= 15 is 0 Å². The van der Waals surface area contributed by atoms with E-state index in [0.717, 1.165) is 11.3 Å². The van der Waals surface area contributed by atoms with Gasteiger partial charge in [-0.1, -0.05) is 26.0 Å². The van der Waals surface area contributed by atoms with Gasteiger partial charge in [0.15, 0.2) is 0 Å². The molecule has 2 N–H and O–H groups in total. The predicted molar refractivity (Wildman–Crippen MR) is 97.8 cm³/mol. The van der Waals surface area contributed by atoms with Crippen LogP contribution in [0.3, 0.4) is 0 Å². The van der Waals surface area contributed by atoms with Crippen molar-refractivity contribution in [1.29, 1.82) is 0 Å². The van der Waals surface area contributed by atoms with Gasteiger partial charge in [-0.25, -0.2) is 0 Å². The molecule has 3 atom stereocenters. The van der Waals surface area contributed by atoms with Gasteiger partial charge < -0.3 is 20.1 Å². The first kappa shape index (κ1) is 20.7. The predicted octanol–water partition coefficient (Wildman–Crippen LogP) is 2.70. The third-order valence-corrected chi connectivity index (χ3v) is 3.92. The molecule has 136 valence electrons. The van der Waals surface area contributed by atoms with Crippen molar-refractivity contribution in [2.24, 2.45) is 5.92 Å². The number of hydrogen-bond donors (Lipinski definition) is 2. The topological polar surface area (TPSA) is 59.6 Å². The van der Waals surface area contributed by atoms with E-state index in [9.17, 15) is 4.79 Å². The van der Waals surface area contributed by atoms with Gasteiger partial charge in [-0.15, -0.1) is 12.4 Å². The van der Waals surface area contributed by atoms with Gasteiger partial charge >= 0.3 is 0 Å². The van der Waals surface area contributed by atoms with Gasteiger partial charge in [-0.3, -0.25) is 4.79 Å². The number of morpholine rings is 1. The van der Waals surface area contributed by atoms with Crippen molar-refractivity contribution in [3.8, 4) is 5.75 Å². The van der Waals surface area contributed by atoms with E-state index in [1.54, 1.807) is 0 Å². The summed E-state index contributed by atoms with van der Waals surface area (Å²) in [6, 6.07) is 7.54. The van der Waals surface area contributed by atoms with E-state index in [4.69, 9.17) is 9.47 Å². The molecule has 2 rings (SSSR count). The first-order chi connectivity index (χ1) is 11.0. The zero-order valence-corrected chi connectivity index (χ0v) is 15.7. The largest absolute Gasteiger partial charge is 0.493 e. The third-order valence-electron chi connectivity index (χ3n) is 3.92. The summed E-state index contributed by atoms with van der Waals surface area (Å²) in [5, 5.41) is 6.25. The summed E-state index contributed by atoms with van der Waals surface area (Å²) in [5.74, 6) is 1.34. The van der Waals surface area contributed by atoms with E-state index in [-0.39, 0.29) is 36.5 Å². The first-order valence-electron chi connectivity index (χ1n) is 8.35. The standard InChI is InChI=1S/C18H28N2O3.ClH/c1-12(2)11-23-16-7-5-15(6-8-16)13(3)20-18(21)17-14(4)22-10-9-19-17;/h5-8,12-14,17,19H,9-11H2,1-4H3,(H,20,21);1H/t13?,14-,17+;/m1./s1. The highest BCUT2D eigenvalue weighted by Gasteiger charge is 2.29. The van der Waals surface area contributed by atoms with E-state index in [1.165, 1.54) is 0 Å². The molecular formula is C18H29ClN2O3. The molecule has 24 heavy (non-hydrogen) atoms. The van der Waals surface area contributed by atoms with Crippen LogP contribution in [-0.2, 0) is 9.53 Å². The van der Waals surface area contributed by atoms with E-state index in [1.807, 2.05) is 38.1 Å². The Balaban J connectivity index is 0.00000288. The Labute approximate surface area is 150 Å². The summed E-state index contributed by atoms with van der Waals surface area (Å²) in [7, 11) is 0. The average Bonchev–Trinajstić information content (AvgIpc) is 2.53. The number of carbonyl (C=O) groups excluding carboxylic acids is 1. The second-order valence-electron chi connectivity index (χ2n) is 6.51. The zero-order valence-electron chi connectivity index (χ0n) is 14.9. The fourth-order valence-corrected chi connectivity index (χ4v) is 2.53.